The van der Waals surface area contributed by atoms with Crippen LogP contribution in [0.4, 0.5) is 0 Å². The Hall–Kier alpha value is -1.26. The summed E-state index contributed by atoms with van der Waals surface area (Å²) in [7, 11) is 3.25. The quantitative estimate of drug-likeness (QED) is 0.885. The van der Waals surface area contributed by atoms with Crippen molar-refractivity contribution in [1.82, 2.24) is 0 Å². The number of methoxy groups -OCH3 is 2. The summed E-state index contributed by atoms with van der Waals surface area (Å²) in [6.45, 7) is 1.28. The molecule has 100 valence electrons. The molecule has 1 saturated heterocycles. The number of ether oxygens (including phenoxy) is 3. The summed E-state index contributed by atoms with van der Waals surface area (Å²) in [5.74, 6) is 1.61. The minimum Gasteiger partial charge on any atom is -0.493 e. The molecule has 0 radical (unpaired) electrons. The van der Waals surface area contributed by atoms with Gasteiger partial charge < -0.3 is 19.3 Å². The monoisotopic (exact) mass is 252 g/mol. The van der Waals surface area contributed by atoms with E-state index >= 15 is 0 Å². The molecular formula is C14H20O4. The van der Waals surface area contributed by atoms with Crippen LogP contribution in [0.2, 0.25) is 0 Å². The Morgan fingerprint density at radius 3 is 2.72 bits per heavy atom. The van der Waals surface area contributed by atoms with E-state index in [1.807, 2.05) is 18.2 Å². The molecule has 0 saturated carbocycles. The maximum atomic E-state index is 9.92. The summed E-state index contributed by atoms with van der Waals surface area (Å²) in [5.41, 5.74) is 1.13. The molecule has 1 aromatic rings. The predicted molar refractivity (Wildman–Crippen MR) is 68.2 cm³/mol. The Bertz CT molecular complexity index is 391. The maximum absolute atomic E-state index is 9.92. The molecule has 1 fully saturated rings. The van der Waals surface area contributed by atoms with Gasteiger partial charge in [0.05, 0.1) is 26.9 Å². The first-order valence-corrected chi connectivity index (χ1v) is 6.21. The fourth-order valence-corrected chi connectivity index (χ4v) is 2.29. The van der Waals surface area contributed by atoms with Crippen molar-refractivity contribution in [2.45, 2.75) is 18.9 Å². The van der Waals surface area contributed by atoms with Crippen molar-refractivity contribution in [2.75, 3.05) is 27.4 Å². The lowest BCUT2D eigenvalue weighted by Gasteiger charge is -2.27. The molecule has 4 nitrogen and oxygen atoms in total. The van der Waals surface area contributed by atoms with E-state index in [4.69, 9.17) is 14.2 Å². The minimum absolute atomic E-state index is 0.164. The van der Waals surface area contributed by atoms with Gasteiger partial charge in [0.1, 0.15) is 0 Å². The molecule has 1 aliphatic rings. The summed E-state index contributed by atoms with van der Waals surface area (Å²) < 4.78 is 15.9. The minimum atomic E-state index is -0.271. The number of rotatable bonds is 4. The number of hydrogen-bond donors (Lipinski definition) is 1. The van der Waals surface area contributed by atoms with Crippen molar-refractivity contribution in [1.29, 1.82) is 0 Å². The van der Waals surface area contributed by atoms with Crippen LogP contribution in [0.25, 0.3) is 0 Å². The van der Waals surface area contributed by atoms with E-state index in [0.29, 0.717) is 13.2 Å². The Morgan fingerprint density at radius 2 is 2.06 bits per heavy atom. The SMILES string of the molecule is COc1ccc(CC2COCCC2O)cc1OC. The van der Waals surface area contributed by atoms with Crippen LogP contribution >= 0.6 is 0 Å². The van der Waals surface area contributed by atoms with Gasteiger partial charge in [0.2, 0.25) is 0 Å². The van der Waals surface area contributed by atoms with Gasteiger partial charge in [-0.15, -0.1) is 0 Å². The van der Waals surface area contributed by atoms with Crippen molar-refractivity contribution in [3.63, 3.8) is 0 Å². The van der Waals surface area contributed by atoms with Crippen LogP contribution in [0.15, 0.2) is 18.2 Å². The average molecular weight is 252 g/mol. The highest BCUT2D eigenvalue weighted by Gasteiger charge is 2.24. The Labute approximate surface area is 107 Å². The second kappa shape index (κ2) is 6.07. The van der Waals surface area contributed by atoms with Crippen molar-refractivity contribution in [3.05, 3.63) is 23.8 Å². The van der Waals surface area contributed by atoms with E-state index in [0.717, 1.165) is 29.9 Å². The highest BCUT2D eigenvalue weighted by atomic mass is 16.5. The summed E-state index contributed by atoms with van der Waals surface area (Å²) in [6, 6.07) is 5.85. The first-order chi connectivity index (χ1) is 8.74. The van der Waals surface area contributed by atoms with Gasteiger partial charge in [0, 0.05) is 12.5 Å². The molecule has 2 rings (SSSR count). The van der Waals surface area contributed by atoms with Crippen LogP contribution in [0.5, 0.6) is 11.5 Å². The number of benzene rings is 1. The third-order valence-corrected chi connectivity index (χ3v) is 3.38. The van der Waals surface area contributed by atoms with Gasteiger partial charge in [-0.1, -0.05) is 6.07 Å². The van der Waals surface area contributed by atoms with E-state index < -0.39 is 0 Å². The average Bonchev–Trinajstić information content (AvgIpc) is 2.41. The standard InChI is InChI=1S/C14H20O4/c1-16-13-4-3-10(8-14(13)17-2)7-11-9-18-6-5-12(11)15/h3-4,8,11-12,15H,5-7,9H2,1-2H3. The summed E-state index contributed by atoms with van der Waals surface area (Å²) in [6.07, 6.45) is 1.24. The predicted octanol–water partition coefficient (Wildman–Crippen LogP) is 1.64. The largest absolute Gasteiger partial charge is 0.493 e. The summed E-state index contributed by atoms with van der Waals surface area (Å²) in [5, 5.41) is 9.92. The highest BCUT2D eigenvalue weighted by Crippen LogP contribution is 2.29. The van der Waals surface area contributed by atoms with E-state index in [1.165, 1.54) is 0 Å². The molecule has 0 bridgehead atoms. The van der Waals surface area contributed by atoms with Crippen LogP contribution in [0.1, 0.15) is 12.0 Å². The molecule has 1 aromatic carbocycles. The van der Waals surface area contributed by atoms with E-state index in [9.17, 15) is 5.11 Å². The Balaban J connectivity index is 2.08. The molecule has 18 heavy (non-hydrogen) atoms. The first kappa shape index (κ1) is 13.2. The molecule has 2 unspecified atom stereocenters. The second-order valence-electron chi connectivity index (χ2n) is 4.58. The third kappa shape index (κ3) is 2.94. The maximum Gasteiger partial charge on any atom is 0.160 e. The van der Waals surface area contributed by atoms with Gasteiger partial charge in [-0.25, -0.2) is 0 Å². The van der Waals surface area contributed by atoms with Gasteiger partial charge in [-0.05, 0) is 30.5 Å². The van der Waals surface area contributed by atoms with E-state index in [-0.39, 0.29) is 12.0 Å². The molecule has 0 spiro atoms. The van der Waals surface area contributed by atoms with Crippen LogP contribution in [-0.4, -0.2) is 38.6 Å². The topological polar surface area (TPSA) is 47.9 Å². The van der Waals surface area contributed by atoms with Crippen LogP contribution in [-0.2, 0) is 11.2 Å². The Morgan fingerprint density at radius 1 is 1.28 bits per heavy atom. The zero-order chi connectivity index (χ0) is 13.0. The van der Waals surface area contributed by atoms with Crippen LogP contribution < -0.4 is 9.47 Å². The van der Waals surface area contributed by atoms with Crippen molar-refractivity contribution < 1.29 is 19.3 Å². The first-order valence-electron chi connectivity index (χ1n) is 6.21. The zero-order valence-corrected chi connectivity index (χ0v) is 10.9. The van der Waals surface area contributed by atoms with Crippen molar-refractivity contribution in [2.24, 2.45) is 5.92 Å². The molecule has 0 aliphatic carbocycles. The highest BCUT2D eigenvalue weighted by molar-refractivity contribution is 5.43. The summed E-state index contributed by atoms with van der Waals surface area (Å²) in [4.78, 5) is 0. The van der Waals surface area contributed by atoms with Crippen LogP contribution in [0, 0.1) is 5.92 Å². The fourth-order valence-electron chi connectivity index (χ4n) is 2.29. The van der Waals surface area contributed by atoms with E-state index in [2.05, 4.69) is 0 Å². The normalized spacial score (nSPS) is 23.7. The van der Waals surface area contributed by atoms with Crippen molar-refractivity contribution in [3.8, 4) is 11.5 Å². The lowest BCUT2D eigenvalue weighted by molar-refractivity contribution is -0.0350. The van der Waals surface area contributed by atoms with Gasteiger partial charge in [-0.2, -0.15) is 0 Å². The fraction of sp³-hybridized carbons (Fsp3) is 0.571. The molecule has 4 heteroatoms. The molecular weight excluding hydrogens is 232 g/mol. The van der Waals surface area contributed by atoms with Crippen molar-refractivity contribution >= 4 is 0 Å². The number of hydrogen-bond acceptors (Lipinski definition) is 4. The zero-order valence-electron chi connectivity index (χ0n) is 10.9. The number of aliphatic hydroxyl groups is 1. The summed E-state index contributed by atoms with van der Waals surface area (Å²) >= 11 is 0. The van der Waals surface area contributed by atoms with Crippen LogP contribution in [0.3, 0.4) is 0 Å². The van der Waals surface area contributed by atoms with Gasteiger partial charge in [-0.3, -0.25) is 0 Å². The van der Waals surface area contributed by atoms with Gasteiger partial charge >= 0.3 is 0 Å². The lowest BCUT2D eigenvalue weighted by atomic mass is 9.91. The van der Waals surface area contributed by atoms with Gasteiger partial charge in [0.25, 0.3) is 0 Å². The molecule has 2 atom stereocenters. The number of aliphatic hydroxyl groups excluding tert-OH is 1. The molecule has 1 heterocycles. The lowest BCUT2D eigenvalue weighted by Crippen LogP contribution is -2.33. The van der Waals surface area contributed by atoms with Gasteiger partial charge in [0.15, 0.2) is 11.5 Å². The Kier molecular flexibility index (Phi) is 4.44. The molecule has 0 aromatic heterocycles. The second-order valence-corrected chi connectivity index (χ2v) is 4.58. The third-order valence-electron chi connectivity index (χ3n) is 3.38. The molecule has 1 aliphatic heterocycles. The molecule has 0 amide bonds. The van der Waals surface area contributed by atoms with E-state index in [1.54, 1.807) is 14.2 Å². The smallest absolute Gasteiger partial charge is 0.160 e. The molecule has 1 N–H and O–H groups in total.